The molecule has 0 spiro atoms. The number of morpholine rings is 1. The molecule has 1 saturated carbocycles. The largest absolute Gasteiger partial charge is 0.379 e. The van der Waals surface area contributed by atoms with Gasteiger partial charge in [0.05, 0.1) is 13.2 Å². The summed E-state index contributed by atoms with van der Waals surface area (Å²) in [6, 6.07) is 1.67. The molecule has 7 nitrogen and oxygen atoms in total. The molecular weight excluding hydrogens is 318 g/mol. The summed E-state index contributed by atoms with van der Waals surface area (Å²) in [5.74, 6) is -0.206. The topological polar surface area (TPSA) is 80.6 Å². The lowest BCUT2D eigenvalue weighted by atomic mass is 10.2. The Hall–Kier alpha value is -1.38. The summed E-state index contributed by atoms with van der Waals surface area (Å²) < 4.78 is 33.5. The molecule has 128 valence electrons. The third-order valence-corrected chi connectivity index (χ3v) is 6.37. The molecule has 2 heterocycles. The van der Waals surface area contributed by atoms with E-state index < -0.39 is 10.0 Å². The van der Waals surface area contributed by atoms with Crippen LogP contribution >= 0.6 is 0 Å². The number of carbonyl (C=O) groups excluding carboxylic acids is 1. The Morgan fingerprint density at radius 1 is 1.26 bits per heavy atom. The maximum Gasteiger partial charge on any atom is 0.268 e. The second-order valence-electron chi connectivity index (χ2n) is 6.14. The Morgan fingerprint density at radius 3 is 2.57 bits per heavy atom. The molecule has 2 aliphatic rings. The number of rotatable bonds is 4. The molecule has 0 atom stereocenters. The van der Waals surface area contributed by atoms with Crippen molar-refractivity contribution in [3.05, 3.63) is 18.0 Å². The van der Waals surface area contributed by atoms with E-state index in [0.717, 1.165) is 25.7 Å². The van der Waals surface area contributed by atoms with Gasteiger partial charge in [0.15, 0.2) is 0 Å². The molecule has 0 radical (unpaired) electrons. The monoisotopic (exact) mass is 341 g/mol. The fourth-order valence-corrected chi connectivity index (χ4v) is 4.65. The van der Waals surface area contributed by atoms with Crippen molar-refractivity contribution in [3.63, 3.8) is 0 Å². The van der Waals surface area contributed by atoms with E-state index in [-0.39, 0.29) is 16.8 Å². The van der Waals surface area contributed by atoms with E-state index in [0.29, 0.717) is 32.0 Å². The highest BCUT2D eigenvalue weighted by atomic mass is 32.2. The number of nitrogens with one attached hydrogen (secondary N) is 1. The highest BCUT2D eigenvalue weighted by Gasteiger charge is 2.29. The lowest BCUT2D eigenvalue weighted by molar-refractivity contribution is 0.0730. The Labute approximate surface area is 136 Å². The maximum atomic E-state index is 12.6. The van der Waals surface area contributed by atoms with E-state index in [4.69, 9.17) is 4.74 Å². The standard InChI is InChI=1S/C15H23N3O4S/c1-17-11-13(23(20,21)18-6-8-22-9-7-18)10-14(17)15(19)16-12-4-2-3-5-12/h10-12H,2-9H2,1H3,(H,16,19). The minimum Gasteiger partial charge on any atom is -0.379 e. The highest BCUT2D eigenvalue weighted by molar-refractivity contribution is 7.89. The van der Waals surface area contributed by atoms with Crippen molar-refractivity contribution in [3.8, 4) is 0 Å². The summed E-state index contributed by atoms with van der Waals surface area (Å²) in [6.45, 7) is 1.50. The van der Waals surface area contributed by atoms with Crippen LogP contribution in [0.4, 0.5) is 0 Å². The lowest BCUT2D eigenvalue weighted by Crippen LogP contribution is -2.40. The molecule has 8 heteroatoms. The van der Waals surface area contributed by atoms with Gasteiger partial charge in [0.1, 0.15) is 10.6 Å². The van der Waals surface area contributed by atoms with Crippen molar-refractivity contribution in [1.29, 1.82) is 0 Å². The normalized spacial score (nSPS) is 20.7. The molecule has 3 rings (SSSR count). The van der Waals surface area contributed by atoms with Gasteiger partial charge in [-0.1, -0.05) is 12.8 Å². The van der Waals surface area contributed by atoms with E-state index in [1.54, 1.807) is 11.6 Å². The van der Waals surface area contributed by atoms with Crippen LogP contribution in [0.25, 0.3) is 0 Å². The minimum atomic E-state index is -3.57. The van der Waals surface area contributed by atoms with Gasteiger partial charge >= 0.3 is 0 Å². The quantitative estimate of drug-likeness (QED) is 0.875. The van der Waals surface area contributed by atoms with Gasteiger partial charge in [-0.3, -0.25) is 4.79 Å². The summed E-state index contributed by atoms with van der Waals surface area (Å²) in [5, 5.41) is 2.99. The number of aromatic nitrogens is 1. The average molecular weight is 341 g/mol. The second kappa shape index (κ2) is 6.62. The minimum absolute atomic E-state index is 0.165. The van der Waals surface area contributed by atoms with E-state index in [9.17, 15) is 13.2 Å². The molecule has 1 N–H and O–H groups in total. The number of carbonyl (C=O) groups is 1. The van der Waals surface area contributed by atoms with Crippen LogP contribution in [-0.2, 0) is 21.8 Å². The molecule has 1 aliphatic heterocycles. The van der Waals surface area contributed by atoms with Gasteiger partial charge < -0.3 is 14.6 Å². The van der Waals surface area contributed by atoms with Crippen molar-refractivity contribution in [2.24, 2.45) is 7.05 Å². The van der Waals surface area contributed by atoms with Gasteiger partial charge in [-0.2, -0.15) is 4.31 Å². The number of hydrogen-bond acceptors (Lipinski definition) is 4. The number of sulfonamides is 1. The zero-order valence-electron chi connectivity index (χ0n) is 13.3. The molecule has 0 aromatic carbocycles. The second-order valence-corrected chi connectivity index (χ2v) is 8.08. The first-order valence-electron chi connectivity index (χ1n) is 8.03. The summed E-state index contributed by atoms with van der Waals surface area (Å²) in [5.41, 5.74) is 0.378. The summed E-state index contributed by atoms with van der Waals surface area (Å²) in [6.07, 6.45) is 5.77. The van der Waals surface area contributed by atoms with Crippen molar-refractivity contribution in [1.82, 2.24) is 14.2 Å². The number of aryl methyl sites for hydroxylation is 1. The van der Waals surface area contributed by atoms with E-state index in [1.165, 1.54) is 16.6 Å². The highest BCUT2D eigenvalue weighted by Crippen LogP contribution is 2.21. The molecular formula is C15H23N3O4S. The van der Waals surface area contributed by atoms with Crippen molar-refractivity contribution in [2.45, 2.75) is 36.6 Å². The molecule has 1 amide bonds. The van der Waals surface area contributed by atoms with Crippen LogP contribution in [-0.4, -0.2) is 55.5 Å². The van der Waals surface area contributed by atoms with Crippen molar-refractivity contribution < 1.29 is 17.9 Å². The Kier molecular flexibility index (Phi) is 4.74. The Bertz CT molecular complexity index is 671. The number of hydrogen-bond donors (Lipinski definition) is 1. The first kappa shape index (κ1) is 16.5. The molecule has 2 fully saturated rings. The Morgan fingerprint density at radius 2 is 1.91 bits per heavy atom. The van der Waals surface area contributed by atoms with Crippen LogP contribution in [0.1, 0.15) is 36.2 Å². The van der Waals surface area contributed by atoms with Crippen LogP contribution in [0.3, 0.4) is 0 Å². The van der Waals surface area contributed by atoms with E-state index in [2.05, 4.69) is 5.32 Å². The molecule has 1 aromatic heterocycles. The summed E-state index contributed by atoms with van der Waals surface area (Å²) in [4.78, 5) is 12.5. The van der Waals surface area contributed by atoms with Gasteiger partial charge in [-0.25, -0.2) is 8.42 Å². The smallest absolute Gasteiger partial charge is 0.268 e. The predicted octanol–water partition coefficient (Wildman–Crippen LogP) is 0.718. The zero-order chi connectivity index (χ0) is 16.4. The zero-order valence-corrected chi connectivity index (χ0v) is 14.1. The van der Waals surface area contributed by atoms with Crippen molar-refractivity contribution in [2.75, 3.05) is 26.3 Å². The summed E-state index contributed by atoms with van der Waals surface area (Å²) in [7, 11) is -1.88. The maximum absolute atomic E-state index is 12.6. The van der Waals surface area contributed by atoms with Crippen LogP contribution in [0.2, 0.25) is 0 Å². The molecule has 1 aromatic rings. The van der Waals surface area contributed by atoms with Crippen LogP contribution in [0.5, 0.6) is 0 Å². The fourth-order valence-electron chi connectivity index (χ4n) is 3.17. The lowest BCUT2D eigenvalue weighted by Gasteiger charge is -2.25. The van der Waals surface area contributed by atoms with Gasteiger partial charge in [0.2, 0.25) is 10.0 Å². The summed E-state index contributed by atoms with van der Waals surface area (Å²) >= 11 is 0. The third-order valence-electron chi connectivity index (χ3n) is 4.51. The van der Waals surface area contributed by atoms with Crippen LogP contribution < -0.4 is 5.32 Å². The van der Waals surface area contributed by atoms with Crippen LogP contribution in [0, 0.1) is 0 Å². The SMILES string of the molecule is Cn1cc(S(=O)(=O)N2CCOCC2)cc1C(=O)NC1CCCC1. The number of ether oxygens (including phenoxy) is 1. The van der Waals surface area contributed by atoms with Gasteiger partial charge in [-0.15, -0.1) is 0 Å². The first-order valence-corrected chi connectivity index (χ1v) is 9.47. The number of nitrogens with zero attached hydrogens (tertiary/aromatic N) is 2. The van der Waals surface area contributed by atoms with Gasteiger partial charge in [0, 0.05) is 32.4 Å². The molecule has 0 bridgehead atoms. The van der Waals surface area contributed by atoms with Crippen LogP contribution in [0.15, 0.2) is 17.2 Å². The van der Waals surface area contributed by atoms with Gasteiger partial charge in [0.25, 0.3) is 5.91 Å². The van der Waals surface area contributed by atoms with E-state index >= 15 is 0 Å². The molecule has 23 heavy (non-hydrogen) atoms. The molecule has 0 unspecified atom stereocenters. The fraction of sp³-hybridized carbons (Fsp3) is 0.667. The first-order chi connectivity index (χ1) is 11.0. The van der Waals surface area contributed by atoms with Gasteiger partial charge in [-0.05, 0) is 18.9 Å². The molecule has 1 saturated heterocycles. The average Bonchev–Trinajstić information content (AvgIpc) is 3.18. The predicted molar refractivity (Wildman–Crippen MR) is 84.7 cm³/mol. The Balaban J connectivity index is 1.78. The van der Waals surface area contributed by atoms with Crippen molar-refractivity contribution >= 4 is 15.9 Å². The number of amides is 1. The molecule has 1 aliphatic carbocycles. The third kappa shape index (κ3) is 3.44. The van der Waals surface area contributed by atoms with E-state index in [1.807, 2.05) is 0 Å².